The summed E-state index contributed by atoms with van der Waals surface area (Å²) in [5.41, 5.74) is 0. The Kier molecular flexibility index (Phi) is 5.03. The van der Waals surface area contributed by atoms with E-state index in [-0.39, 0.29) is 12.0 Å². The van der Waals surface area contributed by atoms with E-state index in [9.17, 15) is 4.79 Å². The third kappa shape index (κ3) is 3.58. The fraction of sp³-hybridized carbons (Fsp3) is 0.833. The van der Waals surface area contributed by atoms with Crippen molar-refractivity contribution in [3.05, 3.63) is 11.6 Å². The highest BCUT2D eigenvalue weighted by atomic mass is 16.5. The van der Waals surface area contributed by atoms with Crippen molar-refractivity contribution in [2.45, 2.75) is 57.6 Å². The lowest BCUT2D eigenvalue weighted by atomic mass is 9.96. The summed E-state index contributed by atoms with van der Waals surface area (Å²) < 4.78 is 7.99. The van der Waals surface area contributed by atoms with Crippen LogP contribution < -0.4 is 0 Å². The van der Waals surface area contributed by atoms with Crippen molar-refractivity contribution in [1.82, 2.24) is 24.6 Å². The fourth-order valence-corrected chi connectivity index (χ4v) is 4.31. The van der Waals surface area contributed by atoms with Crippen molar-refractivity contribution in [3.63, 3.8) is 0 Å². The number of piperidine rings is 1. The molecule has 4 rings (SSSR count). The van der Waals surface area contributed by atoms with Gasteiger partial charge < -0.3 is 14.2 Å². The topological polar surface area (TPSA) is 63.5 Å². The number of hydrogen-bond donors (Lipinski definition) is 0. The second-order valence-electron chi connectivity index (χ2n) is 7.52. The Morgan fingerprint density at radius 1 is 1.20 bits per heavy atom. The molecule has 1 atom stereocenters. The number of aromatic nitrogens is 3. The van der Waals surface area contributed by atoms with Crippen molar-refractivity contribution in [3.8, 4) is 0 Å². The lowest BCUT2D eigenvalue weighted by molar-refractivity contribution is -0.140. The zero-order chi connectivity index (χ0) is 17.2. The highest BCUT2D eigenvalue weighted by molar-refractivity contribution is 5.78. The predicted octanol–water partition coefficient (Wildman–Crippen LogP) is 1.04. The van der Waals surface area contributed by atoms with Crippen LogP contribution in [-0.4, -0.2) is 75.9 Å². The van der Waals surface area contributed by atoms with Gasteiger partial charge in [0.15, 0.2) is 0 Å². The highest BCUT2D eigenvalue weighted by Crippen LogP contribution is 2.29. The summed E-state index contributed by atoms with van der Waals surface area (Å²) >= 11 is 0. The molecule has 138 valence electrons. The van der Waals surface area contributed by atoms with E-state index in [4.69, 9.17) is 4.74 Å². The standard InChI is InChI=1S/C18H29N5O2/c1-2-15-12-22(10-11-25-15)17(24)13-21-8-5-14(6-9-21)18-20-19-16-4-3-7-23(16)18/h14-15H,2-13H2,1H3/t15-/m0/s1. The molecule has 0 bridgehead atoms. The molecule has 3 aliphatic rings. The summed E-state index contributed by atoms with van der Waals surface area (Å²) in [4.78, 5) is 16.9. The maximum absolute atomic E-state index is 12.6. The molecule has 0 unspecified atom stereocenters. The molecule has 0 N–H and O–H groups in total. The number of rotatable bonds is 4. The zero-order valence-corrected chi connectivity index (χ0v) is 15.2. The molecule has 25 heavy (non-hydrogen) atoms. The van der Waals surface area contributed by atoms with Gasteiger partial charge in [-0.1, -0.05) is 6.92 Å². The van der Waals surface area contributed by atoms with Gasteiger partial charge in [-0.05, 0) is 38.8 Å². The van der Waals surface area contributed by atoms with Gasteiger partial charge in [0.2, 0.25) is 5.91 Å². The molecule has 0 aromatic carbocycles. The Hall–Kier alpha value is -1.47. The van der Waals surface area contributed by atoms with Gasteiger partial charge in [-0.15, -0.1) is 10.2 Å². The van der Waals surface area contributed by atoms with Gasteiger partial charge in [-0.3, -0.25) is 9.69 Å². The van der Waals surface area contributed by atoms with Gasteiger partial charge in [0.05, 0.1) is 19.3 Å². The second kappa shape index (κ2) is 7.41. The van der Waals surface area contributed by atoms with Crippen LogP contribution in [0.2, 0.25) is 0 Å². The number of hydrogen-bond acceptors (Lipinski definition) is 5. The molecule has 0 spiro atoms. The number of amides is 1. The molecule has 2 saturated heterocycles. The Balaban J connectivity index is 1.28. The molecular formula is C18H29N5O2. The number of fused-ring (bicyclic) bond motifs is 1. The predicted molar refractivity (Wildman–Crippen MR) is 93.4 cm³/mol. The number of likely N-dealkylation sites (tertiary alicyclic amines) is 1. The lowest BCUT2D eigenvalue weighted by Gasteiger charge is -2.36. The molecule has 7 heteroatoms. The van der Waals surface area contributed by atoms with Crippen LogP contribution in [0, 0.1) is 0 Å². The normalized spacial score (nSPS) is 25.3. The van der Waals surface area contributed by atoms with Crippen LogP contribution in [0.25, 0.3) is 0 Å². The summed E-state index contributed by atoms with van der Waals surface area (Å²) in [5, 5.41) is 8.79. The van der Waals surface area contributed by atoms with Crippen LogP contribution in [-0.2, 0) is 22.5 Å². The van der Waals surface area contributed by atoms with Gasteiger partial charge in [0.25, 0.3) is 0 Å². The summed E-state index contributed by atoms with van der Waals surface area (Å²) in [6.45, 7) is 7.83. The molecule has 0 aliphatic carbocycles. The SMILES string of the molecule is CC[C@H]1CN(C(=O)CN2CCC(c3nnc4n3CCC4)CC2)CCO1. The van der Waals surface area contributed by atoms with Crippen molar-refractivity contribution in [2.24, 2.45) is 0 Å². The van der Waals surface area contributed by atoms with Crippen LogP contribution in [0.1, 0.15) is 50.2 Å². The summed E-state index contributed by atoms with van der Waals surface area (Å²) in [6, 6.07) is 0. The van der Waals surface area contributed by atoms with Crippen LogP contribution in [0.3, 0.4) is 0 Å². The van der Waals surface area contributed by atoms with E-state index in [1.54, 1.807) is 0 Å². The molecule has 3 aliphatic heterocycles. The average Bonchev–Trinajstić information content (AvgIpc) is 3.26. The summed E-state index contributed by atoms with van der Waals surface area (Å²) in [7, 11) is 0. The fourth-order valence-electron chi connectivity index (χ4n) is 4.31. The van der Waals surface area contributed by atoms with Gasteiger partial charge in [-0.2, -0.15) is 0 Å². The van der Waals surface area contributed by atoms with Gasteiger partial charge in [-0.25, -0.2) is 0 Å². The van der Waals surface area contributed by atoms with E-state index < -0.39 is 0 Å². The Labute approximate surface area is 149 Å². The minimum absolute atomic E-state index is 0.207. The monoisotopic (exact) mass is 347 g/mol. The third-order valence-corrected chi connectivity index (χ3v) is 5.90. The quantitative estimate of drug-likeness (QED) is 0.814. The Bertz CT molecular complexity index is 609. The molecule has 2 fully saturated rings. The van der Waals surface area contributed by atoms with E-state index in [2.05, 4.69) is 26.6 Å². The van der Waals surface area contributed by atoms with Gasteiger partial charge >= 0.3 is 0 Å². The maximum Gasteiger partial charge on any atom is 0.236 e. The van der Waals surface area contributed by atoms with Crippen molar-refractivity contribution in [2.75, 3.05) is 39.3 Å². The maximum atomic E-state index is 12.6. The molecule has 1 aromatic rings. The number of carbonyl (C=O) groups is 1. The van der Waals surface area contributed by atoms with Gasteiger partial charge in [0, 0.05) is 32.0 Å². The van der Waals surface area contributed by atoms with Gasteiger partial charge in [0.1, 0.15) is 11.6 Å². The van der Waals surface area contributed by atoms with Crippen LogP contribution in [0.5, 0.6) is 0 Å². The van der Waals surface area contributed by atoms with Crippen LogP contribution in [0.15, 0.2) is 0 Å². The number of ether oxygens (including phenoxy) is 1. The minimum Gasteiger partial charge on any atom is -0.375 e. The van der Waals surface area contributed by atoms with E-state index in [1.807, 2.05) is 4.90 Å². The first-order valence-electron chi connectivity index (χ1n) is 9.78. The third-order valence-electron chi connectivity index (χ3n) is 5.90. The molecule has 0 radical (unpaired) electrons. The largest absolute Gasteiger partial charge is 0.375 e. The minimum atomic E-state index is 0.207. The van der Waals surface area contributed by atoms with Crippen LogP contribution >= 0.6 is 0 Å². The average molecular weight is 347 g/mol. The Morgan fingerprint density at radius 3 is 2.84 bits per heavy atom. The van der Waals surface area contributed by atoms with Crippen molar-refractivity contribution in [1.29, 1.82) is 0 Å². The van der Waals surface area contributed by atoms with E-state index in [1.165, 1.54) is 12.2 Å². The Morgan fingerprint density at radius 2 is 2.04 bits per heavy atom. The smallest absolute Gasteiger partial charge is 0.236 e. The number of morpholine rings is 1. The molecule has 0 saturated carbocycles. The summed E-state index contributed by atoms with van der Waals surface area (Å²) in [6.07, 6.45) is 5.59. The van der Waals surface area contributed by atoms with E-state index in [0.717, 1.165) is 64.2 Å². The summed E-state index contributed by atoms with van der Waals surface area (Å²) in [5.74, 6) is 3.09. The molecular weight excluding hydrogens is 318 g/mol. The van der Waals surface area contributed by atoms with Crippen molar-refractivity contribution < 1.29 is 9.53 Å². The molecule has 1 aromatic heterocycles. The molecule has 1 amide bonds. The number of carbonyl (C=O) groups excluding carboxylic acids is 1. The first-order valence-corrected chi connectivity index (χ1v) is 9.78. The number of aryl methyl sites for hydroxylation is 1. The first kappa shape index (κ1) is 17.0. The highest BCUT2D eigenvalue weighted by Gasteiger charge is 2.30. The second-order valence-corrected chi connectivity index (χ2v) is 7.52. The molecule has 7 nitrogen and oxygen atoms in total. The molecule has 4 heterocycles. The lowest BCUT2D eigenvalue weighted by Crippen LogP contribution is -2.49. The van der Waals surface area contributed by atoms with Crippen LogP contribution in [0.4, 0.5) is 0 Å². The number of nitrogens with zero attached hydrogens (tertiary/aromatic N) is 5. The zero-order valence-electron chi connectivity index (χ0n) is 15.2. The van der Waals surface area contributed by atoms with E-state index >= 15 is 0 Å². The van der Waals surface area contributed by atoms with Crippen molar-refractivity contribution >= 4 is 5.91 Å². The van der Waals surface area contributed by atoms with E-state index in [0.29, 0.717) is 19.1 Å². The first-order chi connectivity index (χ1) is 12.2.